The van der Waals surface area contributed by atoms with Gasteiger partial charge >= 0.3 is 6.18 Å². The minimum atomic E-state index is -4.54. The highest BCUT2D eigenvalue weighted by Crippen LogP contribution is 2.34. The number of aryl methyl sites for hydroxylation is 2. The fourth-order valence-corrected chi connectivity index (χ4v) is 3.81. The van der Waals surface area contributed by atoms with Crippen LogP contribution in [0.5, 0.6) is 0 Å². The van der Waals surface area contributed by atoms with E-state index in [2.05, 4.69) is 15.1 Å². The number of likely N-dealkylation sites (tertiary alicyclic amines) is 1. The van der Waals surface area contributed by atoms with Crippen LogP contribution in [-0.2, 0) is 17.5 Å². The molecule has 0 radical (unpaired) electrons. The van der Waals surface area contributed by atoms with Crippen LogP contribution in [0.3, 0.4) is 0 Å². The second kappa shape index (κ2) is 7.49. The molecule has 1 aliphatic rings. The first-order valence-corrected chi connectivity index (χ1v) is 9.52. The summed E-state index contributed by atoms with van der Waals surface area (Å²) < 4.78 is 42.9. The number of hydrogen-bond donors (Lipinski definition) is 0. The van der Waals surface area contributed by atoms with Gasteiger partial charge in [0.05, 0.1) is 18.1 Å². The van der Waals surface area contributed by atoms with Crippen LogP contribution >= 0.6 is 0 Å². The lowest BCUT2D eigenvalue weighted by atomic mass is 9.99. The van der Waals surface area contributed by atoms with Crippen LogP contribution in [0, 0.1) is 6.92 Å². The van der Waals surface area contributed by atoms with Crippen LogP contribution in [0.4, 0.5) is 13.2 Å². The van der Waals surface area contributed by atoms with Gasteiger partial charge in [-0.3, -0.25) is 4.79 Å². The predicted octanol–water partition coefficient (Wildman–Crippen LogP) is 3.40. The summed E-state index contributed by atoms with van der Waals surface area (Å²) in [6.45, 7) is 2.60. The minimum absolute atomic E-state index is 0.0411. The summed E-state index contributed by atoms with van der Waals surface area (Å²) in [5.41, 5.74) is 0.00113. The van der Waals surface area contributed by atoms with Crippen molar-refractivity contribution in [3.8, 4) is 0 Å². The van der Waals surface area contributed by atoms with E-state index in [-0.39, 0.29) is 23.3 Å². The van der Waals surface area contributed by atoms with Crippen molar-refractivity contribution < 1.29 is 18.0 Å². The summed E-state index contributed by atoms with van der Waals surface area (Å²) in [4.78, 5) is 22.7. The molecule has 1 unspecified atom stereocenters. The highest BCUT2D eigenvalue weighted by Gasteiger charge is 2.36. The van der Waals surface area contributed by atoms with Gasteiger partial charge in [0.15, 0.2) is 5.65 Å². The van der Waals surface area contributed by atoms with Gasteiger partial charge in [-0.1, -0.05) is 0 Å². The number of halogens is 3. The lowest BCUT2D eigenvalue weighted by Gasteiger charge is -2.34. The number of rotatable bonds is 4. The number of imidazole rings is 1. The molecular formula is C19H21F3N6O. The van der Waals surface area contributed by atoms with E-state index < -0.39 is 11.9 Å². The van der Waals surface area contributed by atoms with Gasteiger partial charge in [-0.25, -0.2) is 14.5 Å². The quantitative estimate of drug-likeness (QED) is 0.666. The number of piperidine rings is 1. The highest BCUT2D eigenvalue weighted by atomic mass is 19.4. The molecule has 0 bridgehead atoms. The van der Waals surface area contributed by atoms with Crippen molar-refractivity contribution in [2.45, 2.75) is 51.4 Å². The van der Waals surface area contributed by atoms with Gasteiger partial charge in [-0.05, 0) is 32.3 Å². The molecule has 1 saturated heterocycles. The summed E-state index contributed by atoms with van der Waals surface area (Å²) >= 11 is 0. The van der Waals surface area contributed by atoms with Crippen LogP contribution in [0.2, 0.25) is 0 Å². The van der Waals surface area contributed by atoms with E-state index in [0.717, 1.165) is 23.4 Å². The van der Waals surface area contributed by atoms with Crippen LogP contribution < -0.4 is 0 Å². The van der Waals surface area contributed by atoms with Gasteiger partial charge < -0.3 is 9.47 Å². The Balaban J connectivity index is 1.62. The number of alkyl halides is 3. The molecule has 29 heavy (non-hydrogen) atoms. The normalized spacial score (nSPS) is 17.8. The summed E-state index contributed by atoms with van der Waals surface area (Å²) in [5, 5.41) is 4.21. The Hall–Kier alpha value is -2.91. The molecule has 0 saturated carbocycles. The largest absolute Gasteiger partial charge is 0.433 e. The van der Waals surface area contributed by atoms with E-state index in [9.17, 15) is 18.0 Å². The van der Waals surface area contributed by atoms with Crippen molar-refractivity contribution >= 4 is 11.6 Å². The Morgan fingerprint density at radius 1 is 1.28 bits per heavy atom. The maximum atomic E-state index is 13.4. The maximum absolute atomic E-state index is 13.4. The van der Waals surface area contributed by atoms with Gasteiger partial charge in [0.2, 0.25) is 5.91 Å². The predicted molar refractivity (Wildman–Crippen MR) is 97.9 cm³/mol. The van der Waals surface area contributed by atoms with Crippen molar-refractivity contribution in [2.75, 3.05) is 6.54 Å². The first kappa shape index (κ1) is 19.4. The number of amides is 1. The average Bonchev–Trinajstić information content (AvgIpc) is 3.34. The zero-order valence-electron chi connectivity index (χ0n) is 15.9. The SMILES string of the molecule is Cc1cc(C(F)(F)F)n2nc(C3CCCCN3C(=O)CCn3ccnc3)cc2n1. The summed E-state index contributed by atoms with van der Waals surface area (Å²) in [6, 6.07) is 2.20. The molecule has 4 heterocycles. The Morgan fingerprint density at radius 2 is 2.10 bits per heavy atom. The zero-order valence-corrected chi connectivity index (χ0v) is 15.9. The van der Waals surface area contributed by atoms with E-state index in [4.69, 9.17) is 0 Å². The molecule has 10 heteroatoms. The molecule has 3 aromatic heterocycles. The molecule has 0 N–H and O–H groups in total. The van der Waals surface area contributed by atoms with Gasteiger partial charge in [-0.15, -0.1) is 0 Å². The Bertz CT molecular complexity index is 1010. The first-order chi connectivity index (χ1) is 13.8. The van der Waals surface area contributed by atoms with Gasteiger partial charge in [-0.2, -0.15) is 18.3 Å². The third-order valence-electron chi connectivity index (χ3n) is 5.17. The molecule has 1 aliphatic heterocycles. The van der Waals surface area contributed by atoms with Crippen molar-refractivity contribution in [1.82, 2.24) is 29.0 Å². The standard InChI is InChI=1S/C19H21F3N6O/c1-13-10-16(19(20,21)22)28-17(24-13)11-14(25-28)15-4-2-3-7-27(15)18(29)5-8-26-9-6-23-12-26/h6,9-12,15H,2-5,7-8H2,1H3. The highest BCUT2D eigenvalue weighted by molar-refractivity contribution is 5.76. The zero-order chi connectivity index (χ0) is 20.6. The van der Waals surface area contributed by atoms with Crippen LogP contribution in [0.15, 0.2) is 30.9 Å². The Labute approximate surface area is 165 Å². The van der Waals surface area contributed by atoms with Crippen molar-refractivity contribution in [3.63, 3.8) is 0 Å². The second-order valence-electron chi connectivity index (χ2n) is 7.27. The molecular weight excluding hydrogens is 385 g/mol. The fraction of sp³-hybridized carbons (Fsp3) is 0.474. The second-order valence-corrected chi connectivity index (χ2v) is 7.27. The number of fused-ring (bicyclic) bond motifs is 1. The van der Waals surface area contributed by atoms with E-state index >= 15 is 0 Å². The van der Waals surface area contributed by atoms with Gasteiger partial charge in [0.25, 0.3) is 0 Å². The molecule has 1 atom stereocenters. The molecule has 0 aliphatic carbocycles. The third-order valence-corrected chi connectivity index (χ3v) is 5.17. The summed E-state index contributed by atoms with van der Waals surface area (Å²) in [7, 11) is 0. The summed E-state index contributed by atoms with van der Waals surface area (Å²) in [6.07, 6.45) is 3.27. The lowest BCUT2D eigenvalue weighted by molar-refractivity contribution is -0.143. The molecule has 4 rings (SSSR count). The first-order valence-electron chi connectivity index (χ1n) is 9.52. The smallest absolute Gasteiger partial charge is 0.337 e. The maximum Gasteiger partial charge on any atom is 0.433 e. The fourth-order valence-electron chi connectivity index (χ4n) is 3.81. The van der Waals surface area contributed by atoms with E-state index in [0.29, 0.717) is 31.6 Å². The van der Waals surface area contributed by atoms with Crippen LogP contribution in [0.1, 0.15) is 48.8 Å². The number of aromatic nitrogens is 5. The van der Waals surface area contributed by atoms with Crippen LogP contribution in [-0.4, -0.2) is 41.5 Å². The van der Waals surface area contributed by atoms with E-state index in [1.54, 1.807) is 29.7 Å². The average molecular weight is 406 g/mol. The third kappa shape index (κ3) is 3.96. The number of carbonyl (C=O) groups excluding carboxylic acids is 1. The van der Waals surface area contributed by atoms with E-state index in [1.807, 2.05) is 4.57 Å². The van der Waals surface area contributed by atoms with Crippen molar-refractivity contribution in [1.29, 1.82) is 0 Å². The molecule has 3 aromatic rings. The van der Waals surface area contributed by atoms with E-state index in [1.165, 1.54) is 6.92 Å². The molecule has 1 fully saturated rings. The molecule has 154 valence electrons. The Morgan fingerprint density at radius 3 is 2.83 bits per heavy atom. The minimum Gasteiger partial charge on any atom is -0.337 e. The van der Waals surface area contributed by atoms with Crippen molar-refractivity contribution in [2.24, 2.45) is 0 Å². The van der Waals surface area contributed by atoms with Gasteiger partial charge in [0.1, 0.15) is 5.69 Å². The number of carbonyl (C=O) groups is 1. The van der Waals surface area contributed by atoms with Crippen LogP contribution in [0.25, 0.3) is 5.65 Å². The van der Waals surface area contributed by atoms with Crippen molar-refractivity contribution in [3.05, 3.63) is 47.9 Å². The van der Waals surface area contributed by atoms with Gasteiger partial charge in [0, 0.05) is 43.7 Å². The lowest BCUT2D eigenvalue weighted by Crippen LogP contribution is -2.39. The molecule has 0 aromatic carbocycles. The topological polar surface area (TPSA) is 68.3 Å². The Kier molecular flexibility index (Phi) is 5.01. The summed E-state index contributed by atoms with van der Waals surface area (Å²) in [5.74, 6) is -0.0411. The monoisotopic (exact) mass is 406 g/mol. The number of hydrogen-bond acceptors (Lipinski definition) is 4. The molecule has 0 spiro atoms. The number of nitrogens with zero attached hydrogens (tertiary/aromatic N) is 6. The molecule has 7 nitrogen and oxygen atoms in total. The molecule has 1 amide bonds.